The minimum Gasteiger partial charge on any atom is -0.355 e. The van der Waals surface area contributed by atoms with Crippen molar-refractivity contribution in [3.8, 4) is 6.07 Å². The molecule has 1 aliphatic rings. The van der Waals surface area contributed by atoms with Gasteiger partial charge >= 0.3 is 0 Å². The molecule has 0 radical (unpaired) electrons. The number of amides is 2. The number of likely N-dealkylation sites (tertiary alicyclic amines) is 1. The Morgan fingerprint density at radius 3 is 2.79 bits per heavy atom. The van der Waals surface area contributed by atoms with Crippen LogP contribution in [0.4, 0.5) is 0 Å². The van der Waals surface area contributed by atoms with Crippen molar-refractivity contribution in [1.29, 1.82) is 5.26 Å². The van der Waals surface area contributed by atoms with Gasteiger partial charge in [0.25, 0.3) is 5.91 Å². The second kappa shape index (κ2) is 9.66. The molecular weight excluding hydrogens is 384 g/mol. The van der Waals surface area contributed by atoms with Gasteiger partial charge in [0.05, 0.1) is 22.3 Å². The summed E-state index contributed by atoms with van der Waals surface area (Å²) in [7, 11) is 0. The van der Waals surface area contributed by atoms with E-state index in [1.807, 2.05) is 18.7 Å². The van der Waals surface area contributed by atoms with Gasteiger partial charge in [-0.25, -0.2) is 4.98 Å². The molecule has 1 atom stereocenters. The van der Waals surface area contributed by atoms with Crippen molar-refractivity contribution >= 4 is 23.2 Å². The maximum Gasteiger partial charge on any atom is 0.253 e. The summed E-state index contributed by atoms with van der Waals surface area (Å²) in [4.78, 5) is 31.1. The van der Waals surface area contributed by atoms with Gasteiger partial charge in [-0.3, -0.25) is 9.59 Å². The predicted octanol–water partition coefficient (Wildman–Crippen LogP) is 3.35. The van der Waals surface area contributed by atoms with E-state index in [0.717, 1.165) is 36.5 Å². The zero-order valence-electron chi connectivity index (χ0n) is 16.9. The smallest absolute Gasteiger partial charge is 0.253 e. The molecule has 1 aliphatic heterocycles. The number of nitrogens with zero attached hydrogens (tertiary/aromatic N) is 3. The minimum atomic E-state index is -0.0112. The Morgan fingerprint density at radius 2 is 2.10 bits per heavy atom. The lowest BCUT2D eigenvalue weighted by Gasteiger charge is -2.32. The van der Waals surface area contributed by atoms with Crippen LogP contribution in [0.15, 0.2) is 29.6 Å². The number of benzene rings is 1. The van der Waals surface area contributed by atoms with E-state index in [0.29, 0.717) is 24.2 Å². The van der Waals surface area contributed by atoms with E-state index < -0.39 is 0 Å². The van der Waals surface area contributed by atoms with E-state index in [9.17, 15) is 9.59 Å². The summed E-state index contributed by atoms with van der Waals surface area (Å²) in [6.07, 6.45) is 2.69. The summed E-state index contributed by atoms with van der Waals surface area (Å²) in [5.41, 5.74) is 2.16. The van der Waals surface area contributed by atoms with Crippen molar-refractivity contribution in [2.24, 2.45) is 5.92 Å². The zero-order valence-corrected chi connectivity index (χ0v) is 17.7. The van der Waals surface area contributed by atoms with E-state index >= 15 is 0 Å². The molecule has 152 valence electrons. The van der Waals surface area contributed by atoms with Crippen LogP contribution in [0.1, 0.15) is 59.2 Å². The number of piperidine rings is 1. The fourth-order valence-corrected chi connectivity index (χ4v) is 4.36. The van der Waals surface area contributed by atoms with Crippen molar-refractivity contribution in [2.75, 3.05) is 19.6 Å². The summed E-state index contributed by atoms with van der Waals surface area (Å²) in [6, 6.07) is 8.87. The fraction of sp³-hybridized carbons (Fsp3) is 0.455. The number of hydrogen-bond acceptors (Lipinski definition) is 5. The Kier molecular flexibility index (Phi) is 6.99. The highest BCUT2D eigenvalue weighted by molar-refractivity contribution is 7.09. The van der Waals surface area contributed by atoms with Crippen LogP contribution in [-0.2, 0) is 11.2 Å². The van der Waals surface area contributed by atoms with Gasteiger partial charge in [0.1, 0.15) is 0 Å². The van der Waals surface area contributed by atoms with Crippen LogP contribution < -0.4 is 5.32 Å². The molecule has 2 amide bonds. The van der Waals surface area contributed by atoms with E-state index in [4.69, 9.17) is 10.2 Å². The molecule has 0 spiro atoms. The second-order valence-corrected chi connectivity index (χ2v) is 8.54. The Balaban J connectivity index is 1.58. The lowest BCUT2D eigenvalue weighted by atomic mass is 9.98. The number of aromatic nitrogens is 1. The summed E-state index contributed by atoms with van der Waals surface area (Å²) in [6.45, 7) is 5.76. The molecule has 29 heavy (non-hydrogen) atoms. The third-order valence-electron chi connectivity index (χ3n) is 5.09. The molecule has 0 bridgehead atoms. The number of nitrogens with one attached hydrogen (secondary N) is 1. The normalized spacial score (nSPS) is 16.5. The molecule has 1 aromatic heterocycles. The lowest BCUT2D eigenvalue weighted by molar-refractivity contribution is -0.123. The van der Waals surface area contributed by atoms with Crippen molar-refractivity contribution in [2.45, 2.75) is 39.0 Å². The van der Waals surface area contributed by atoms with Gasteiger partial charge in [-0.05, 0) is 37.1 Å². The molecular formula is C22H26N4O2S. The van der Waals surface area contributed by atoms with Crippen LogP contribution in [0.3, 0.4) is 0 Å². The standard InChI is InChI=1S/C22H26N4O2S/c1-15(2)20(27)24-10-9-19-14-29-21(25-19)18-4-3-11-26(13-18)22(28)17-7-5-16(12-23)6-8-17/h5-8,14-15,18H,3-4,9-11,13H2,1-2H3,(H,24,27). The molecule has 2 heterocycles. The topological polar surface area (TPSA) is 86.1 Å². The van der Waals surface area contributed by atoms with Gasteiger partial charge in [-0.1, -0.05) is 13.8 Å². The number of thiazole rings is 1. The summed E-state index contributed by atoms with van der Waals surface area (Å²) < 4.78 is 0. The van der Waals surface area contributed by atoms with Crippen LogP contribution >= 0.6 is 11.3 Å². The molecule has 1 unspecified atom stereocenters. The van der Waals surface area contributed by atoms with Crippen LogP contribution in [0.2, 0.25) is 0 Å². The van der Waals surface area contributed by atoms with Crippen molar-refractivity contribution < 1.29 is 9.59 Å². The quantitative estimate of drug-likeness (QED) is 0.791. The van der Waals surface area contributed by atoms with Crippen molar-refractivity contribution in [3.63, 3.8) is 0 Å². The van der Waals surface area contributed by atoms with Crippen LogP contribution in [0.25, 0.3) is 0 Å². The molecule has 1 N–H and O–H groups in total. The third-order valence-corrected chi connectivity index (χ3v) is 6.15. The average molecular weight is 411 g/mol. The van der Waals surface area contributed by atoms with Gasteiger partial charge in [0.2, 0.25) is 5.91 Å². The lowest BCUT2D eigenvalue weighted by Crippen LogP contribution is -2.39. The molecule has 1 saturated heterocycles. The molecule has 0 saturated carbocycles. The Morgan fingerprint density at radius 1 is 1.34 bits per heavy atom. The van der Waals surface area contributed by atoms with Crippen LogP contribution in [0, 0.1) is 17.2 Å². The highest BCUT2D eigenvalue weighted by Crippen LogP contribution is 2.30. The molecule has 1 fully saturated rings. The fourth-order valence-electron chi connectivity index (χ4n) is 3.38. The van der Waals surface area contributed by atoms with Gasteiger partial charge < -0.3 is 10.2 Å². The van der Waals surface area contributed by atoms with Crippen LogP contribution in [-0.4, -0.2) is 41.3 Å². The summed E-state index contributed by atoms with van der Waals surface area (Å²) in [5, 5.41) is 14.9. The van der Waals surface area contributed by atoms with Crippen LogP contribution in [0.5, 0.6) is 0 Å². The molecule has 6 nitrogen and oxygen atoms in total. The third kappa shape index (κ3) is 5.42. The molecule has 3 rings (SSSR count). The number of rotatable bonds is 6. The SMILES string of the molecule is CC(C)C(=O)NCCc1csc(C2CCCN(C(=O)c3ccc(C#N)cc3)C2)n1. The molecule has 2 aromatic rings. The predicted molar refractivity (Wildman–Crippen MR) is 113 cm³/mol. The second-order valence-electron chi connectivity index (χ2n) is 7.65. The Bertz CT molecular complexity index is 898. The largest absolute Gasteiger partial charge is 0.355 e. The van der Waals surface area contributed by atoms with Gasteiger partial charge in [0, 0.05) is 48.8 Å². The maximum atomic E-state index is 12.8. The number of carbonyl (C=O) groups is 2. The first-order valence-corrected chi connectivity index (χ1v) is 10.9. The Hall–Kier alpha value is -2.72. The monoisotopic (exact) mass is 410 g/mol. The number of nitriles is 1. The number of hydrogen-bond donors (Lipinski definition) is 1. The first-order chi connectivity index (χ1) is 14.0. The van der Waals surface area contributed by atoms with Crippen molar-refractivity contribution in [3.05, 3.63) is 51.5 Å². The number of carbonyl (C=O) groups excluding carboxylic acids is 2. The van der Waals surface area contributed by atoms with E-state index in [-0.39, 0.29) is 23.7 Å². The minimum absolute atomic E-state index is 0.00682. The average Bonchev–Trinajstić information content (AvgIpc) is 3.22. The molecule has 1 aromatic carbocycles. The highest BCUT2D eigenvalue weighted by Gasteiger charge is 2.27. The highest BCUT2D eigenvalue weighted by atomic mass is 32.1. The summed E-state index contributed by atoms with van der Waals surface area (Å²) >= 11 is 1.64. The first-order valence-electron chi connectivity index (χ1n) is 9.99. The van der Waals surface area contributed by atoms with Crippen molar-refractivity contribution in [1.82, 2.24) is 15.2 Å². The first kappa shape index (κ1) is 21.0. The van der Waals surface area contributed by atoms with Gasteiger partial charge in [-0.15, -0.1) is 11.3 Å². The maximum absolute atomic E-state index is 12.8. The van der Waals surface area contributed by atoms with Gasteiger partial charge in [0.15, 0.2) is 0 Å². The van der Waals surface area contributed by atoms with E-state index in [1.54, 1.807) is 35.6 Å². The Labute approximate surface area is 175 Å². The van der Waals surface area contributed by atoms with E-state index in [2.05, 4.69) is 16.8 Å². The molecule has 7 heteroatoms. The molecule has 0 aliphatic carbocycles. The van der Waals surface area contributed by atoms with Gasteiger partial charge in [-0.2, -0.15) is 5.26 Å². The zero-order chi connectivity index (χ0) is 20.8. The van der Waals surface area contributed by atoms with E-state index in [1.165, 1.54) is 0 Å². The summed E-state index contributed by atoms with van der Waals surface area (Å²) in [5.74, 6) is 0.301.